The lowest BCUT2D eigenvalue weighted by Crippen LogP contribution is -2.58. The zero-order valence-electron chi connectivity index (χ0n) is 16.2. The highest BCUT2D eigenvalue weighted by Crippen LogP contribution is 2.65. The van der Waals surface area contributed by atoms with Crippen LogP contribution in [-0.4, -0.2) is 77.6 Å². The summed E-state index contributed by atoms with van der Waals surface area (Å²) in [5.41, 5.74) is -0.385. The predicted octanol–water partition coefficient (Wildman–Crippen LogP) is -0.0841. The first-order chi connectivity index (χ1) is 13.5. The van der Waals surface area contributed by atoms with Crippen molar-refractivity contribution in [2.24, 2.45) is 23.2 Å². The van der Waals surface area contributed by atoms with E-state index in [4.69, 9.17) is 0 Å². The van der Waals surface area contributed by atoms with Crippen LogP contribution in [0.3, 0.4) is 0 Å². The highest BCUT2D eigenvalue weighted by Gasteiger charge is 2.65. The first-order valence-electron chi connectivity index (χ1n) is 10.8. The van der Waals surface area contributed by atoms with Crippen LogP contribution in [0.25, 0.3) is 0 Å². The number of carbonyl (C=O) groups is 3. The molecule has 6 rings (SSSR count). The van der Waals surface area contributed by atoms with Gasteiger partial charge in [0.15, 0.2) is 0 Å². The second kappa shape index (κ2) is 6.61. The zero-order chi connectivity index (χ0) is 19.5. The van der Waals surface area contributed by atoms with Gasteiger partial charge in [-0.15, -0.1) is 0 Å². The van der Waals surface area contributed by atoms with Crippen molar-refractivity contribution in [3.63, 3.8) is 0 Å². The van der Waals surface area contributed by atoms with Gasteiger partial charge in [0.1, 0.15) is 6.54 Å². The van der Waals surface area contributed by atoms with E-state index in [2.05, 4.69) is 10.6 Å². The molecule has 6 atom stereocenters. The summed E-state index contributed by atoms with van der Waals surface area (Å²) in [6.45, 7) is 2.30. The number of aliphatic hydroxyl groups is 1. The lowest BCUT2D eigenvalue weighted by molar-refractivity contribution is -0.134. The van der Waals surface area contributed by atoms with Crippen molar-refractivity contribution < 1.29 is 19.5 Å². The molecule has 8 nitrogen and oxygen atoms in total. The molecule has 154 valence electrons. The van der Waals surface area contributed by atoms with Gasteiger partial charge in [-0.05, 0) is 56.3 Å². The minimum atomic E-state index is -0.385. The quantitative estimate of drug-likeness (QED) is 0.614. The monoisotopic (exact) mass is 390 g/mol. The summed E-state index contributed by atoms with van der Waals surface area (Å²) < 4.78 is 0. The standard InChI is InChI=1S/C20H30N4O4/c25-16-11-24(5-3-21-16)19(28)23-4-1-2-14(10-23)22-18(27)20-8-12-6-13(9-20)17(26)15(20)7-12/h12-15,17,26H,1-11H2,(H,21,25)(H,22,27)/t12?,13?,14-,15?,17?,20?/m0/s1. The number of hydrogen-bond acceptors (Lipinski definition) is 4. The average Bonchev–Trinajstić information content (AvgIpc) is 3.07. The maximum atomic E-state index is 13.3. The van der Waals surface area contributed by atoms with E-state index in [0.29, 0.717) is 32.1 Å². The van der Waals surface area contributed by atoms with Gasteiger partial charge in [0.25, 0.3) is 0 Å². The van der Waals surface area contributed by atoms with Gasteiger partial charge < -0.3 is 25.5 Å². The Balaban J connectivity index is 1.22. The fourth-order valence-electron chi connectivity index (χ4n) is 6.74. The Hall–Kier alpha value is -1.83. The van der Waals surface area contributed by atoms with Gasteiger partial charge >= 0.3 is 6.03 Å². The van der Waals surface area contributed by atoms with Gasteiger partial charge in [-0.2, -0.15) is 0 Å². The second-order valence-corrected chi connectivity index (χ2v) is 9.57. The minimum Gasteiger partial charge on any atom is -0.393 e. The summed E-state index contributed by atoms with van der Waals surface area (Å²) in [5.74, 6) is 0.971. The van der Waals surface area contributed by atoms with Crippen LogP contribution in [0.5, 0.6) is 0 Å². The van der Waals surface area contributed by atoms with E-state index >= 15 is 0 Å². The van der Waals surface area contributed by atoms with Crippen LogP contribution >= 0.6 is 0 Å². The van der Waals surface area contributed by atoms with Crippen LogP contribution in [0.15, 0.2) is 0 Å². The summed E-state index contributed by atoms with van der Waals surface area (Å²) in [6, 6.07) is -0.156. The molecule has 5 unspecified atom stereocenters. The highest BCUT2D eigenvalue weighted by molar-refractivity contribution is 5.86. The van der Waals surface area contributed by atoms with Gasteiger partial charge in [0.2, 0.25) is 11.8 Å². The number of nitrogens with one attached hydrogen (secondary N) is 2. The molecule has 0 spiro atoms. The molecule has 0 aromatic heterocycles. The van der Waals surface area contributed by atoms with Crippen LogP contribution in [0.2, 0.25) is 0 Å². The lowest BCUT2D eigenvalue weighted by Gasteiger charge is -2.39. The van der Waals surface area contributed by atoms with Crippen LogP contribution in [0.1, 0.15) is 38.5 Å². The summed E-state index contributed by atoms with van der Waals surface area (Å²) in [5, 5.41) is 16.5. The molecular weight excluding hydrogens is 360 g/mol. The molecule has 6 fully saturated rings. The third-order valence-corrected chi connectivity index (χ3v) is 7.90. The van der Waals surface area contributed by atoms with Crippen LogP contribution in [-0.2, 0) is 9.59 Å². The van der Waals surface area contributed by atoms with Crippen molar-refractivity contribution in [3.8, 4) is 0 Å². The molecule has 4 amide bonds. The number of urea groups is 1. The van der Waals surface area contributed by atoms with Crippen molar-refractivity contribution >= 4 is 17.8 Å². The van der Waals surface area contributed by atoms with E-state index in [9.17, 15) is 19.5 Å². The minimum absolute atomic E-state index is 0.0477. The summed E-state index contributed by atoms with van der Waals surface area (Å²) in [7, 11) is 0. The largest absolute Gasteiger partial charge is 0.393 e. The van der Waals surface area contributed by atoms with Crippen LogP contribution in [0.4, 0.5) is 4.79 Å². The SMILES string of the molecule is O=C1CN(C(=O)N2CCC[C@H](NC(=O)C34CC5CC(C3)C(O)C4C5)C2)CCN1. The van der Waals surface area contributed by atoms with Crippen molar-refractivity contribution in [3.05, 3.63) is 0 Å². The summed E-state index contributed by atoms with van der Waals surface area (Å²) in [4.78, 5) is 41.0. The van der Waals surface area contributed by atoms with Crippen molar-refractivity contribution in [2.45, 2.75) is 50.7 Å². The Kier molecular flexibility index (Phi) is 4.30. The van der Waals surface area contributed by atoms with Crippen molar-refractivity contribution in [1.29, 1.82) is 0 Å². The van der Waals surface area contributed by atoms with Crippen molar-refractivity contribution in [2.75, 3.05) is 32.7 Å². The molecule has 6 aliphatic rings. The van der Waals surface area contributed by atoms with Crippen LogP contribution < -0.4 is 10.6 Å². The van der Waals surface area contributed by atoms with Crippen molar-refractivity contribution in [1.82, 2.24) is 20.4 Å². The van der Waals surface area contributed by atoms with Crippen LogP contribution in [0, 0.1) is 23.2 Å². The van der Waals surface area contributed by atoms with Gasteiger partial charge in [0.05, 0.1) is 11.5 Å². The van der Waals surface area contributed by atoms with Gasteiger partial charge in [-0.1, -0.05) is 0 Å². The average molecular weight is 390 g/mol. The van der Waals surface area contributed by atoms with E-state index in [1.807, 2.05) is 0 Å². The lowest BCUT2D eigenvalue weighted by atomic mass is 9.74. The van der Waals surface area contributed by atoms with Gasteiger partial charge in [-0.3, -0.25) is 9.59 Å². The molecule has 4 bridgehead atoms. The predicted molar refractivity (Wildman–Crippen MR) is 100 cm³/mol. The zero-order valence-corrected chi connectivity index (χ0v) is 16.2. The molecule has 2 heterocycles. The number of piperazine rings is 1. The topological polar surface area (TPSA) is 102 Å². The van der Waals surface area contributed by atoms with E-state index in [0.717, 1.165) is 38.5 Å². The number of carbonyl (C=O) groups excluding carboxylic acids is 3. The van der Waals surface area contributed by atoms with E-state index < -0.39 is 0 Å². The Morgan fingerprint density at radius 1 is 1.18 bits per heavy atom. The highest BCUT2D eigenvalue weighted by atomic mass is 16.3. The molecule has 2 saturated heterocycles. The van der Waals surface area contributed by atoms with E-state index in [1.54, 1.807) is 9.80 Å². The number of nitrogens with zero attached hydrogens (tertiary/aromatic N) is 2. The number of likely N-dealkylation sites (tertiary alicyclic amines) is 1. The number of aliphatic hydroxyl groups excluding tert-OH is 1. The molecule has 28 heavy (non-hydrogen) atoms. The molecule has 8 heteroatoms. The first kappa shape index (κ1) is 18.2. The molecule has 0 radical (unpaired) electrons. The number of rotatable bonds is 2. The van der Waals surface area contributed by atoms with E-state index in [1.165, 1.54) is 0 Å². The smallest absolute Gasteiger partial charge is 0.320 e. The molecule has 0 aromatic rings. The Morgan fingerprint density at radius 2 is 2.04 bits per heavy atom. The number of hydrogen-bond donors (Lipinski definition) is 3. The maximum Gasteiger partial charge on any atom is 0.320 e. The Morgan fingerprint density at radius 3 is 2.86 bits per heavy atom. The second-order valence-electron chi connectivity index (χ2n) is 9.57. The number of piperidine rings is 1. The Labute approximate surface area is 165 Å². The van der Waals surface area contributed by atoms with Gasteiger partial charge in [0, 0.05) is 32.2 Å². The molecule has 2 aliphatic heterocycles. The summed E-state index contributed by atoms with van der Waals surface area (Å²) in [6.07, 6.45) is 5.18. The summed E-state index contributed by atoms with van der Waals surface area (Å²) >= 11 is 0. The van der Waals surface area contributed by atoms with Gasteiger partial charge in [-0.25, -0.2) is 4.79 Å². The maximum absolute atomic E-state index is 13.3. The number of amides is 4. The molecule has 0 aromatic carbocycles. The third kappa shape index (κ3) is 2.79. The molecular formula is C20H30N4O4. The normalized spacial score (nSPS) is 41.9. The molecule has 3 N–H and O–H groups in total. The molecule has 4 aliphatic carbocycles. The molecule has 4 saturated carbocycles. The first-order valence-corrected chi connectivity index (χ1v) is 10.8. The Bertz CT molecular complexity index is 700. The fourth-order valence-corrected chi connectivity index (χ4v) is 6.74. The fraction of sp³-hybridized carbons (Fsp3) is 0.850. The third-order valence-electron chi connectivity index (χ3n) is 7.90. The van der Waals surface area contributed by atoms with E-state index in [-0.39, 0.29) is 53.8 Å².